The van der Waals surface area contributed by atoms with Crippen molar-refractivity contribution in [3.8, 4) is 0 Å². The molecule has 0 aliphatic rings. The van der Waals surface area contributed by atoms with E-state index in [0.717, 1.165) is 5.56 Å². The molecule has 0 spiro atoms. The Labute approximate surface area is 89.4 Å². The van der Waals surface area contributed by atoms with Gasteiger partial charge in [-0.15, -0.1) is 0 Å². The van der Waals surface area contributed by atoms with Crippen molar-refractivity contribution in [1.29, 1.82) is 0 Å². The predicted molar refractivity (Wildman–Crippen MR) is 57.7 cm³/mol. The summed E-state index contributed by atoms with van der Waals surface area (Å²) in [4.78, 5) is 11.1. The van der Waals surface area contributed by atoms with Crippen LogP contribution in [0.4, 0.5) is 0 Å². The lowest BCUT2D eigenvalue weighted by Gasteiger charge is -2.16. The van der Waals surface area contributed by atoms with Gasteiger partial charge >= 0.3 is 5.97 Å². The molecule has 0 radical (unpaired) electrons. The van der Waals surface area contributed by atoms with Gasteiger partial charge in [-0.3, -0.25) is 4.79 Å². The van der Waals surface area contributed by atoms with Crippen LogP contribution in [-0.2, 0) is 4.79 Å². The van der Waals surface area contributed by atoms with Crippen molar-refractivity contribution in [1.82, 2.24) is 0 Å². The minimum absolute atomic E-state index is 0.00584. The molecule has 2 atom stereocenters. The summed E-state index contributed by atoms with van der Waals surface area (Å²) < 4.78 is 0. The Morgan fingerprint density at radius 1 is 1.33 bits per heavy atom. The van der Waals surface area contributed by atoms with Crippen molar-refractivity contribution in [2.75, 3.05) is 6.61 Å². The summed E-state index contributed by atoms with van der Waals surface area (Å²) in [7, 11) is 0. The number of carboxylic acid groups (broad SMARTS) is 1. The Kier molecular flexibility index (Phi) is 4.31. The van der Waals surface area contributed by atoms with Crippen LogP contribution in [0.1, 0.15) is 24.8 Å². The second-order valence-corrected chi connectivity index (χ2v) is 3.82. The molecular weight excluding hydrogens is 192 g/mol. The summed E-state index contributed by atoms with van der Waals surface area (Å²) in [6.07, 6.45) is 0.468. The van der Waals surface area contributed by atoms with Gasteiger partial charge in [-0.05, 0) is 17.9 Å². The smallest absolute Gasteiger partial charge is 0.310 e. The van der Waals surface area contributed by atoms with Gasteiger partial charge in [0.05, 0.1) is 5.92 Å². The summed E-state index contributed by atoms with van der Waals surface area (Å²) in [5, 5.41) is 18.0. The maximum atomic E-state index is 11.1. The number of aliphatic hydroxyl groups excluding tert-OH is 1. The number of rotatable bonds is 5. The minimum atomic E-state index is -0.832. The van der Waals surface area contributed by atoms with Gasteiger partial charge in [0.1, 0.15) is 0 Å². The molecular formula is C12H16O3. The molecule has 3 nitrogen and oxygen atoms in total. The highest BCUT2D eigenvalue weighted by Crippen LogP contribution is 2.23. The van der Waals surface area contributed by atoms with Gasteiger partial charge in [-0.1, -0.05) is 37.3 Å². The SMILES string of the molecule is CC(CO)CC(C(=O)O)c1ccccc1. The van der Waals surface area contributed by atoms with Gasteiger partial charge in [0.2, 0.25) is 0 Å². The zero-order valence-electron chi connectivity index (χ0n) is 8.76. The number of aliphatic carboxylic acids is 1. The van der Waals surface area contributed by atoms with Gasteiger partial charge in [-0.25, -0.2) is 0 Å². The molecule has 0 amide bonds. The summed E-state index contributed by atoms with van der Waals surface area (Å²) in [5.41, 5.74) is 0.797. The number of benzene rings is 1. The highest BCUT2D eigenvalue weighted by atomic mass is 16.4. The molecule has 2 N–H and O–H groups in total. The van der Waals surface area contributed by atoms with Crippen LogP contribution in [0.3, 0.4) is 0 Å². The van der Waals surface area contributed by atoms with Crippen molar-refractivity contribution < 1.29 is 15.0 Å². The molecule has 3 heteroatoms. The van der Waals surface area contributed by atoms with Crippen LogP contribution >= 0.6 is 0 Å². The van der Waals surface area contributed by atoms with Crippen molar-refractivity contribution in [2.24, 2.45) is 5.92 Å². The second kappa shape index (κ2) is 5.51. The van der Waals surface area contributed by atoms with Crippen molar-refractivity contribution in [3.63, 3.8) is 0 Å². The largest absolute Gasteiger partial charge is 0.481 e. The predicted octanol–water partition coefficient (Wildman–Crippen LogP) is 1.87. The lowest BCUT2D eigenvalue weighted by Crippen LogP contribution is -2.16. The average molecular weight is 208 g/mol. The number of carbonyl (C=O) groups is 1. The first kappa shape index (κ1) is 11.7. The third kappa shape index (κ3) is 3.36. The van der Waals surface area contributed by atoms with Crippen LogP contribution < -0.4 is 0 Å². The third-order valence-electron chi connectivity index (χ3n) is 2.45. The van der Waals surface area contributed by atoms with E-state index in [-0.39, 0.29) is 12.5 Å². The Morgan fingerprint density at radius 3 is 2.40 bits per heavy atom. The van der Waals surface area contributed by atoms with E-state index in [9.17, 15) is 4.79 Å². The summed E-state index contributed by atoms with van der Waals surface area (Å²) >= 11 is 0. The molecule has 2 unspecified atom stereocenters. The maximum Gasteiger partial charge on any atom is 0.310 e. The van der Waals surface area contributed by atoms with Gasteiger partial charge in [-0.2, -0.15) is 0 Å². The average Bonchev–Trinajstić information content (AvgIpc) is 2.26. The lowest BCUT2D eigenvalue weighted by molar-refractivity contribution is -0.139. The highest BCUT2D eigenvalue weighted by Gasteiger charge is 2.21. The molecule has 82 valence electrons. The molecule has 0 saturated heterocycles. The van der Waals surface area contributed by atoms with Gasteiger partial charge in [0.25, 0.3) is 0 Å². The Balaban J connectivity index is 2.80. The van der Waals surface area contributed by atoms with Crippen LogP contribution in [-0.4, -0.2) is 22.8 Å². The number of hydrogen-bond donors (Lipinski definition) is 2. The molecule has 1 aromatic rings. The third-order valence-corrected chi connectivity index (χ3v) is 2.45. The van der Waals surface area contributed by atoms with E-state index < -0.39 is 11.9 Å². The molecule has 15 heavy (non-hydrogen) atoms. The number of aliphatic hydroxyl groups is 1. The van der Waals surface area contributed by atoms with E-state index in [2.05, 4.69) is 0 Å². The molecule has 0 heterocycles. The van der Waals surface area contributed by atoms with Gasteiger partial charge in [0, 0.05) is 6.61 Å². The first-order valence-electron chi connectivity index (χ1n) is 5.03. The molecule has 0 saturated carbocycles. The molecule has 0 aliphatic carbocycles. The zero-order chi connectivity index (χ0) is 11.3. The fourth-order valence-corrected chi connectivity index (χ4v) is 1.54. The fraction of sp³-hybridized carbons (Fsp3) is 0.417. The Hall–Kier alpha value is -1.35. The summed E-state index contributed by atoms with van der Waals surface area (Å²) in [6.45, 7) is 1.87. The minimum Gasteiger partial charge on any atom is -0.481 e. The Morgan fingerprint density at radius 2 is 1.93 bits per heavy atom. The lowest BCUT2D eigenvalue weighted by atomic mass is 9.90. The Bertz CT molecular complexity index is 308. The molecule has 0 bridgehead atoms. The monoisotopic (exact) mass is 208 g/mol. The summed E-state index contributed by atoms with van der Waals surface area (Å²) in [5.74, 6) is -1.35. The van der Waals surface area contributed by atoms with Crippen molar-refractivity contribution in [3.05, 3.63) is 35.9 Å². The molecule has 1 aromatic carbocycles. The van der Waals surface area contributed by atoms with Crippen molar-refractivity contribution in [2.45, 2.75) is 19.3 Å². The quantitative estimate of drug-likeness (QED) is 0.776. The van der Waals surface area contributed by atoms with E-state index in [1.165, 1.54) is 0 Å². The van der Waals surface area contributed by atoms with E-state index in [1.54, 1.807) is 0 Å². The van der Waals surface area contributed by atoms with E-state index in [1.807, 2.05) is 37.3 Å². The van der Waals surface area contributed by atoms with Gasteiger partial charge in [0.15, 0.2) is 0 Å². The van der Waals surface area contributed by atoms with Crippen LogP contribution in [0.2, 0.25) is 0 Å². The molecule has 0 fully saturated rings. The van der Waals surface area contributed by atoms with Crippen molar-refractivity contribution >= 4 is 5.97 Å². The van der Waals surface area contributed by atoms with Crippen LogP contribution in [0, 0.1) is 5.92 Å². The molecule has 0 aromatic heterocycles. The maximum absolute atomic E-state index is 11.1. The normalized spacial score (nSPS) is 14.5. The van der Waals surface area contributed by atoms with Crippen LogP contribution in [0.25, 0.3) is 0 Å². The molecule has 1 rings (SSSR count). The molecule has 0 aliphatic heterocycles. The topological polar surface area (TPSA) is 57.5 Å². The highest BCUT2D eigenvalue weighted by molar-refractivity contribution is 5.76. The van der Waals surface area contributed by atoms with Crippen LogP contribution in [0.5, 0.6) is 0 Å². The number of carboxylic acids is 1. The first-order chi connectivity index (χ1) is 7.15. The number of hydrogen-bond acceptors (Lipinski definition) is 2. The summed E-state index contributed by atoms with van der Waals surface area (Å²) in [6, 6.07) is 9.13. The van der Waals surface area contributed by atoms with E-state index in [4.69, 9.17) is 10.2 Å². The second-order valence-electron chi connectivity index (χ2n) is 3.82. The van der Waals surface area contributed by atoms with Crippen LogP contribution in [0.15, 0.2) is 30.3 Å². The standard InChI is InChI=1S/C12H16O3/c1-9(8-13)7-11(12(14)15)10-5-3-2-4-6-10/h2-6,9,11,13H,7-8H2,1H3,(H,14,15). The zero-order valence-corrected chi connectivity index (χ0v) is 8.76. The first-order valence-corrected chi connectivity index (χ1v) is 5.03. The fourth-order valence-electron chi connectivity index (χ4n) is 1.54. The van der Waals surface area contributed by atoms with E-state index >= 15 is 0 Å². The van der Waals surface area contributed by atoms with Gasteiger partial charge < -0.3 is 10.2 Å². The van der Waals surface area contributed by atoms with E-state index in [0.29, 0.717) is 6.42 Å².